The number of rotatable bonds is 4. The SMILES string of the molecule is CC(=O)N(c1ccc(C(F)(F)F)cc1)c1nc(CN2CC(C)C(N)C2)cs1.Cl. The number of halogens is 4. The number of anilines is 2. The van der Waals surface area contributed by atoms with Crippen molar-refractivity contribution < 1.29 is 18.0 Å². The molecule has 2 atom stereocenters. The van der Waals surface area contributed by atoms with Crippen LogP contribution in [0.2, 0.25) is 0 Å². The normalized spacial score (nSPS) is 20.1. The summed E-state index contributed by atoms with van der Waals surface area (Å²) >= 11 is 1.29. The third-order valence-corrected chi connectivity index (χ3v) is 5.50. The van der Waals surface area contributed by atoms with E-state index in [4.69, 9.17) is 5.73 Å². The lowest BCUT2D eigenvalue weighted by molar-refractivity contribution is -0.137. The van der Waals surface area contributed by atoms with Gasteiger partial charge in [0, 0.05) is 38.0 Å². The number of alkyl halides is 3. The Labute approximate surface area is 171 Å². The van der Waals surface area contributed by atoms with Crippen molar-refractivity contribution in [2.45, 2.75) is 32.6 Å². The zero-order chi connectivity index (χ0) is 19.8. The number of carbonyl (C=O) groups excluding carboxylic acids is 1. The minimum atomic E-state index is -4.42. The molecule has 28 heavy (non-hydrogen) atoms. The molecule has 2 unspecified atom stereocenters. The lowest BCUT2D eigenvalue weighted by Crippen LogP contribution is -2.28. The predicted molar refractivity (Wildman–Crippen MR) is 106 cm³/mol. The highest BCUT2D eigenvalue weighted by atomic mass is 35.5. The number of carbonyl (C=O) groups is 1. The van der Waals surface area contributed by atoms with Gasteiger partial charge in [-0.1, -0.05) is 6.92 Å². The lowest BCUT2D eigenvalue weighted by Gasteiger charge is -2.19. The summed E-state index contributed by atoms with van der Waals surface area (Å²) in [7, 11) is 0. The average molecular weight is 435 g/mol. The van der Waals surface area contributed by atoms with Gasteiger partial charge in [-0.2, -0.15) is 13.2 Å². The summed E-state index contributed by atoms with van der Waals surface area (Å²) in [4.78, 5) is 20.2. The fourth-order valence-corrected chi connectivity index (χ4v) is 4.03. The minimum absolute atomic E-state index is 0. The van der Waals surface area contributed by atoms with Crippen LogP contribution in [0.1, 0.15) is 25.1 Å². The van der Waals surface area contributed by atoms with Gasteiger partial charge in [0.05, 0.1) is 16.9 Å². The molecule has 1 amide bonds. The fraction of sp³-hybridized carbons (Fsp3) is 0.444. The molecule has 1 saturated heterocycles. The van der Waals surface area contributed by atoms with Crippen molar-refractivity contribution in [2.24, 2.45) is 11.7 Å². The van der Waals surface area contributed by atoms with E-state index in [-0.39, 0.29) is 24.4 Å². The zero-order valence-electron chi connectivity index (χ0n) is 15.4. The number of thiazole rings is 1. The Hall–Kier alpha value is -1.68. The van der Waals surface area contributed by atoms with Crippen molar-refractivity contribution in [1.82, 2.24) is 9.88 Å². The van der Waals surface area contributed by atoms with Gasteiger partial charge >= 0.3 is 6.18 Å². The summed E-state index contributed by atoms with van der Waals surface area (Å²) < 4.78 is 38.2. The molecule has 10 heteroatoms. The van der Waals surface area contributed by atoms with Gasteiger partial charge in [0.25, 0.3) is 0 Å². The van der Waals surface area contributed by atoms with Gasteiger partial charge in [0.1, 0.15) is 0 Å². The Kier molecular flexibility index (Phi) is 7.08. The van der Waals surface area contributed by atoms with E-state index in [9.17, 15) is 18.0 Å². The van der Waals surface area contributed by atoms with Gasteiger partial charge < -0.3 is 5.73 Å². The van der Waals surface area contributed by atoms with Crippen LogP contribution in [-0.4, -0.2) is 34.9 Å². The molecule has 2 aromatic rings. The highest BCUT2D eigenvalue weighted by Gasteiger charge is 2.31. The van der Waals surface area contributed by atoms with Gasteiger partial charge in [0.15, 0.2) is 5.13 Å². The van der Waals surface area contributed by atoms with Crippen molar-refractivity contribution >= 4 is 40.5 Å². The number of nitrogens with zero attached hydrogens (tertiary/aromatic N) is 3. The monoisotopic (exact) mass is 434 g/mol. The highest BCUT2D eigenvalue weighted by molar-refractivity contribution is 7.14. The van der Waals surface area contributed by atoms with Crippen LogP contribution in [0.3, 0.4) is 0 Å². The smallest absolute Gasteiger partial charge is 0.326 e. The Morgan fingerprint density at radius 1 is 1.32 bits per heavy atom. The van der Waals surface area contributed by atoms with Gasteiger partial charge in [-0.05, 0) is 30.2 Å². The molecule has 0 aliphatic carbocycles. The second-order valence-corrected chi connectivity index (χ2v) is 7.69. The van der Waals surface area contributed by atoms with Crippen LogP contribution in [0.15, 0.2) is 29.6 Å². The molecule has 0 bridgehead atoms. The maximum absolute atomic E-state index is 12.7. The Bertz CT molecular complexity index is 802. The molecule has 1 fully saturated rings. The van der Waals surface area contributed by atoms with E-state index in [1.807, 2.05) is 5.38 Å². The maximum Gasteiger partial charge on any atom is 0.416 e. The minimum Gasteiger partial charge on any atom is -0.326 e. The van der Waals surface area contributed by atoms with Crippen LogP contribution < -0.4 is 10.6 Å². The summed E-state index contributed by atoms with van der Waals surface area (Å²) in [5, 5.41) is 2.30. The topological polar surface area (TPSA) is 62.5 Å². The van der Waals surface area contributed by atoms with Gasteiger partial charge in [-0.15, -0.1) is 23.7 Å². The number of aromatic nitrogens is 1. The molecule has 1 aliphatic heterocycles. The molecule has 2 N–H and O–H groups in total. The van der Waals surface area contributed by atoms with Crippen molar-refractivity contribution in [3.8, 4) is 0 Å². The number of benzene rings is 1. The van der Waals surface area contributed by atoms with E-state index < -0.39 is 11.7 Å². The second kappa shape index (κ2) is 8.77. The Balaban J connectivity index is 0.00000280. The van der Waals surface area contributed by atoms with Crippen LogP contribution in [0.4, 0.5) is 24.0 Å². The van der Waals surface area contributed by atoms with E-state index in [1.54, 1.807) is 0 Å². The largest absolute Gasteiger partial charge is 0.416 e. The van der Waals surface area contributed by atoms with Crippen molar-refractivity contribution in [1.29, 1.82) is 0 Å². The predicted octanol–water partition coefficient (Wildman–Crippen LogP) is 4.05. The number of hydrogen-bond acceptors (Lipinski definition) is 5. The average Bonchev–Trinajstić information content (AvgIpc) is 3.14. The van der Waals surface area contributed by atoms with Gasteiger partial charge in [-0.3, -0.25) is 14.6 Å². The quantitative estimate of drug-likeness (QED) is 0.788. The van der Waals surface area contributed by atoms with Crippen molar-refractivity contribution in [3.05, 3.63) is 40.9 Å². The number of hydrogen-bond donors (Lipinski definition) is 1. The van der Waals surface area contributed by atoms with Crippen molar-refractivity contribution in [3.63, 3.8) is 0 Å². The molecule has 3 rings (SSSR count). The number of likely N-dealkylation sites (tertiary alicyclic amines) is 1. The van der Waals surface area contributed by atoms with Gasteiger partial charge in [0.2, 0.25) is 5.91 Å². The molecule has 0 spiro atoms. The molecule has 5 nitrogen and oxygen atoms in total. The number of amides is 1. The Morgan fingerprint density at radius 2 is 1.96 bits per heavy atom. The van der Waals surface area contributed by atoms with Gasteiger partial charge in [-0.25, -0.2) is 4.98 Å². The van der Waals surface area contributed by atoms with E-state index in [0.29, 0.717) is 23.3 Å². The second-order valence-electron chi connectivity index (χ2n) is 6.86. The third-order valence-electron chi connectivity index (χ3n) is 4.63. The van der Waals surface area contributed by atoms with E-state index in [2.05, 4.69) is 16.8 Å². The molecule has 1 aliphatic rings. The molecule has 1 aromatic heterocycles. The van der Waals surface area contributed by atoms with E-state index in [1.165, 1.54) is 35.3 Å². The highest BCUT2D eigenvalue weighted by Crippen LogP contribution is 2.33. The standard InChI is InChI=1S/C18H21F3N4OS.ClH/c1-11-7-24(9-16(11)22)8-14-10-27-17(23-14)25(12(2)26)15-5-3-13(4-6-15)18(19,20)21;/h3-6,10-11,16H,7-9,22H2,1-2H3;1H. The summed E-state index contributed by atoms with van der Waals surface area (Å²) in [6.45, 7) is 5.79. The zero-order valence-corrected chi connectivity index (χ0v) is 17.1. The molecule has 2 heterocycles. The first-order valence-corrected chi connectivity index (χ1v) is 9.43. The molecular weight excluding hydrogens is 413 g/mol. The van der Waals surface area contributed by atoms with Crippen LogP contribution in [0, 0.1) is 5.92 Å². The number of nitrogens with two attached hydrogens (primary N) is 1. The fourth-order valence-electron chi connectivity index (χ4n) is 3.15. The van der Waals surface area contributed by atoms with E-state index >= 15 is 0 Å². The summed E-state index contributed by atoms with van der Waals surface area (Å²) in [6.07, 6.45) is -4.42. The maximum atomic E-state index is 12.7. The molecule has 0 radical (unpaired) electrons. The first-order chi connectivity index (χ1) is 12.6. The van der Waals surface area contributed by atoms with Crippen LogP contribution in [0.5, 0.6) is 0 Å². The lowest BCUT2D eigenvalue weighted by atomic mass is 10.1. The third kappa shape index (κ3) is 5.02. The molecular formula is C18H22ClF3N4OS. The Morgan fingerprint density at radius 3 is 2.46 bits per heavy atom. The van der Waals surface area contributed by atoms with Crippen LogP contribution >= 0.6 is 23.7 Å². The molecule has 154 valence electrons. The summed E-state index contributed by atoms with van der Waals surface area (Å²) in [5.41, 5.74) is 6.46. The van der Waals surface area contributed by atoms with E-state index in [0.717, 1.165) is 30.9 Å². The van der Waals surface area contributed by atoms with Crippen LogP contribution in [0.25, 0.3) is 0 Å². The first-order valence-electron chi connectivity index (χ1n) is 8.55. The van der Waals surface area contributed by atoms with Crippen molar-refractivity contribution in [2.75, 3.05) is 18.0 Å². The molecule has 0 saturated carbocycles. The summed E-state index contributed by atoms with van der Waals surface area (Å²) in [6, 6.07) is 4.64. The van der Waals surface area contributed by atoms with Crippen LogP contribution in [-0.2, 0) is 17.5 Å². The summed E-state index contributed by atoms with van der Waals surface area (Å²) in [5.74, 6) is 0.108. The molecule has 1 aromatic carbocycles. The first kappa shape index (κ1) is 22.6.